The van der Waals surface area contributed by atoms with Gasteiger partial charge in [-0.15, -0.1) is 0 Å². The van der Waals surface area contributed by atoms with Crippen molar-refractivity contribution in [2.45, 2.75) is 20.3 Å². The molecule has 1 atom stereocenters. The summed E-state index contributed by atoms with van der Waals surface area (Å²) in [4.78, 5) is 11.1. The molecule has 1 aliphatic carbocycles. The minimum atomic E-state index is -0.782. The van der Waals surface area contributed by atoms with Gasteiger partial charge in [0, 0.05) is 0 Å². The van der Waals surface area contributed by atoms with E-state index in [9.17, 15) is 4.79 Å². The molecule has 0 fully saturated rings. The van der Waals surface area contributed by atoms with E-state index < -0.39 is 11.9 Å². The van der Waals surface area contributed by atoms with Gasteiger partial charge < -0.3 is 9.84 Å². The van der Waals surface area contributed by atoms with Crippen molar-refractivity contribution in [3.05, 3.63) is 34.9 Å². The molecule has 90 valence electrons. The molecule has 0 radical (unpaired) electrons. The Balaban J connectivity index is 2.49. The Morgan fingerprint density at radius 1 is 1.47 bits per heavy atom. The van der Waals surface area contributed by atoms with Crippen LogP contribution in [0.15, 0.2) is 23.8 Å². The highest BCUT2D eigenvalue weighted by Crippen LogP contribution is 2.39. The molecule has 0 saturated heterocycles. The number of aliphatic carboxylic acids is 1. The van der Waals surface area contributed by atoms with Crippen LogP contribution in [0.3, 0.4) is 0 Å². The fourth-order valence-corrected chi connectivity index (χ4v) is 2.42. The van der Waals surface area contributed by atoms with Crippen molar-refractivity contribution in [3.8, 4) is 5.75 Å². The largest absolute Gasteiger partial charge is 0.497 e. The molecule has 0 bridgehead atoms. The van der Waals surface area contributed by atoms with E-state index in [1.807, 2.05) is 25.1 Å². The van der Waals surface area contributed by atoms with Gasteiger partial charge >= 0.3 is 5.97 Å². The van der Waals surface area contributed by atoms with Crippen LogP contribution in [0, 0.1) is 5.92 Å². The second-order valence-electron chi connectivity index (χ2n) is 4.45. The van der Waals surface area contributed by atoms with Gasteiger partial charge in [-0.2, -0.15) is 0 Å². The Morgan fingerprint density at radius 3 is 2.76 bits per heavy atom. The second kappa shape index (κ2) is 4.24. The Labute approximate surface area is 101 Å². The van der Waals surface area contributed by atoms with Crippen molar-refractivity contribution >= 4 is 11.5 Å². The molecule has 0 spiro atoms. The van der Waals surface area contributed by atoms with Crippen LogP contribution in [0.1, 0.15) is 25.0 Å². The number of benzene rings is 1. The summed E-state index contributed by atoms with van der Waals surface area (Å²) in [6.45, 7) is 3.73. The summed E-state index contributed by atoms with van der Waals surface area (Å²) in [5.41, 5.74) is 4.29. The topological polar surface area (TPSA) is 46.5 Å². The van der Waals surface area contributed by atoms with E-state index in [4.69, 9.17) is 9.84 Å². The van der Waals surface area contributed by atoms with E-state index in [-0.39, 0.29) is 0 Å². The second-order valence-corrected chi connectivity index (χ2v) is 4.45. The predicted molar refractivity (Wildman–Crippen MR) is 66.1 cm³/mol. The molecule has 3 heteroatoms. The summed E-state index contributed by atoms with van der Waals surface area (Å²) in [5, 5.41) is 9.15. The minimum Gasteiger partial charge on any atom is -0.497 e. The molecular weight excluding hydrogens is 216 g/mol. The lowest BCUT2D eigenvalue weighted by Crippen LogP contribution is -2.11. The lowest BCUT2D eigenvalue weighted by atomic mass is 9.93. The molecule has 2 rings (SSSR count). The van der Waals surface area contributed by atoms with Crippen molar-refractivity contribution in [3.63, 3.8) is 0 Å². The number of ether oxygens (including phenoxy) is 1. The zero-order valence-corrected chi connectivity index (χ0v) is 10.3. The van der Waals surface area contributed by atoms with Crippen LogP contribution in [0.2, 0.25) is 0 Å². The number of methoxy groups -OCH3 is 1. The van der Waals surface area contributed by atoms with Crippen molar-refractivity contribution in [2.24, 2.45) is 5.92 Å². The Hall–Kier alpha value is -1.77. The van der Waals surface area contributed by atoms with Crippen molar-refractivity contribution in [2.75, 3.05) is 7.11 Å². The number of fused-ring (bicyclic) bond motifs is 1. The van der Waals surface area contributed by atoms with Crippen LogP contribution in [0.4, 0.5) is 0 Å². The third-order valence-electron chi connectivity index (χ3n) is 3.33. The number of hydrogen-bond donors (Lipinski definition) is 1. The van der Waals surface area contributed by atoms with Crippen LogP contribution >= 0.6 is 0 Å². The SMILES string of the molecule is COc1ccc2c(c1)C(C(C)C(=O)O)=C(C)C2. The standard InChI is InChI=1S/C14H16O3/c1-8-6-10-4-5-11(17-3)7-12(10)13(8)9(2)14(15)16/h4-5,7,9H,6H2,1-3H3,(H,15,16). The molecule has 1 aromatic rings. The van der Waals surface area contributed by atoms with Crippen LogP contribution in [-0.2, 0) is 11.2 Å². The summed E-state index contributed by atoms with van der Waals surface area (Å²) < 4.78 is 5.19. The average Bonchev–Trinajstić information content (AvgIpc) is 2.62. The first-order valence-corrected chi connectivity index (χ1v) is 5.64. The smallest absolute Gasteiger partial charge is 0.310 e. The average molecular weight is 232 g/mol. The van der Waals surface area contributed by atoms with E-state index >= 15 is 0 Å². The van der Waals surface area contributed by atoms with Gasteiger partial charge in [-0.25, -0.2) is 0 Å². The predicted octanol–water partition coefficient (Wildman–Crippen LogP) is 2.75. The van der Waals surface area contributed by atoms with Gasteiger partial charge in [-0.05, 0) is 49.1 Å². The van der Waals surface area contributed by atoms with Gasteiger partial charge in [0.15, 0.2) is 0 Å². The quantitative estimate of drug-likeness (QED) is 0.871. The number of hydrogen-bond acceptors (Lipinski definition) is 2. The molecule has 3 nitrogen and oxygen atoms in total. The first-order valence-electron chi connectivity index (χ1n) is 5.64. The fourth-order valence-electron chi connectivity index (χ4n) is 2.42. The van der Waals surface area contributed by atoms with Gasteiger partial charge in [-0.3, -0.25) is 4.79 Å². The molecule has 0 heterocycles. The Kier molecular flexibility index (Phi) is 2.92. The number of carboxylic acids is 1. The molecule has 1 aliphatic rings. The highest BCUT2D eigenvalue weighted by molar-refractivity contribution is 5.91. The summed E-state index contributed by atoms with van der Waals surface area (Å²) in [7, 11) is 1.62. The van der Waals surface area contributed by atoms with E-state index in [1.165, 1.54) is 5.56 Å². The summed E-state index contributed by atoms with van der Waals surface area (Å²) in [5.74, 6) is -0.480. The van der Waals surface area contributed by atoms with Gasteiger partial charge in [0.05, 0.1) is 13.0 Å². The van der Waals surface area contributed by atoms with Gasteiger partial charge in [0.25, 0.3) is 0 Å². The lowest BCUT2D eigenvalue weighted by Gasteiger charge is -2.12. The molecule has 0 aromatic heterocycles. The minimum absolute atomic E-state index is 0.469. The first-order chi connectivity index (χ1) is 8.04. The van der Waals surface area contributed by atoms with E-state index in [1.54, 1.807) is 14.0 Å². The van der Waals surface area contributed by atoms with E-state index in [2.05, 4.69) is 0 Å². The van der Waals surface area contributed by atoms with Crippen LogP contribution in [0.5, 0.6) is 5.75 Å². The number of carboxylic acid groups (broad SMARTS) is 1. The molecule has 1 aromatic carbocycles. The van der Waals surface area contributed by atoms with Crippen molar-refractivity contribution < 1.29 is 14.6 Å². The van der Waals surface area contributed by atoms with Crippen molar-refractivity contribution in [1.29, 1.82) is 0 Å². The molecule has 1 unspecified atom stereocenters. The van der Waals surface area contributed by atoms with Crippen LogP contribution in [0.25, 0.3) is 5.57 Å². The maximum Gasteiger partial charge on any atom is 0.310 e. The van der Waals surface area contributed by atoms with E-state index in [0.29, 0.717) is 0 Å². The maximum atomic E-state index is 11.1. The monoisotopic (exact) mass is 232 g/mol. The number of rotatable bonds is 3. The highest BCUT2D eigenvalue weighted by atomic mass is 16.5. The normalized spacial score (nSPS) is 15.7. The molecule has 1 N–H and O–H groups in total. The van der Waals surface area contributed by atoms with Gasteiger partial charge in [-0.1, -0.05) is 11.6 Å². The first kappa shape index (κ1) is 11.7. The summed E-state index contributed by atoms with van der Waals surface area (Å²) >= 11 is 0. The molecule has 17 heavy (non-hydrogen) atoms. The maximum absolute atomic E-state index is 11.1. The zero-order valence-electron chi connectivity index (χ0n) is 10.3. The number of allylic oxidation sites excluding steroid dienone is 1. The van der Waals surface area contributed by atoms with E-state index in [0.717, 1.165) is 28.9 Å². The summed E-state index contributed by atoms with van der Waals surface area (Å²) in [6, 6.07) is 5.86. The lowest BCUT2D eigenvalue weighted by molar-refractivity contribution is -0.139. The fraction of sp³-hybridized carbons (Fsp3) is 0.357. The molecule has 0 saturated carbocycles. The molecule has 0 amide bonds. The third-order valence-corrected chi connectivity index (χ3v) is 3.33. The Morgan fingerprint density at radius 2 is 2.18 bits per heavy atom. The molecular formula is C14H16O3. The van der Waals surface area contributed by atoms with Gasteiger partial charge in [0.2, 0.25) is 0 Å². The van der Waals surface area contributed by atoms with Crippen molar-refractivity contribution in [1.82, 2.24) is 0 Å². The highest BCUT2D eigenvalue weighted by Gasteiger charge is 2.27. The number of carbonyl (C=O) groups is 1. The molecule has 0 aliphatic heterocycles. The summed E-state index contributed by atoms with van der Waals surface area (Å²) in [6.07, 6.45) is 0.840. The third kappa shape index (κ3) is 1.93. The van der Waals surface area contributed by atoms with Gasteiger partial charge in [0.1, 0.15) is 5.75 Å². The zero-order chi connectivity index (χ0) is 12.6. The Bertz CT molecular complexity index is 500. The van der Waals surface area contributed by atoms with Crippen LogP contribution < -0.4 is 4.74 Å². The van der Waals surface area contributed by atoms with Crippen LogP contribution in [-0.4, -0.2) is 18.2 Å².